The number of aliphatic imine (C=N–C) groups is 1. The highest BCUT2D eigenvalue weighted by Gasteiger charge is 2.27. The van der Waals surface area contributed by atoms with Crippen LogP contribution in [-0.4, -0.2) is 69.0 Å². The third kappa shape index (κ3) is 7.87. The molecule has 1 fully saturated rings. The normalized spacial score (nSPS) is 17.5. The summed E-state index contributed by atoms with van der Waals surface area (Å²) < 4.78 is 16.5. The number of methoxy groups -OCH3 is 1. The number of ether oxygens (including phenoxy) is 2. The Morgan fingerprint density at radius 2 is 1.88 bits per heavy atom. The quantitative estimate of drug-likeness (QED) is 0.242. The number of hydrogen-bond acceptors (Lipinski definition) is 6. The zero-order valence-electron chi connectivity index (χ0n) is 20.0. The predicted molar refractivity (Wildman–Crippen MR) is 141 cm³/mol. The number of aryl methyl sites for hydroxylation is 1. The summed E-state index contributed by atoms with van der Waals surface area (Å²) in [4.78, 5) is 7.05. The smallest absolute Gasteiger partial charge is 0.191 e. The summed E-state index contributed by atoms with van der Waals surface area (Å²) >= 11 is 0. The Bertz CT molecular complexity index is 864. The van der Waals surface area contributed by atoms with Crippen LogP contribution in [0.1, 0.15) is 37.0 Å². The molecule has 2 heterocycles. The fourth-order valence-corrected chi connectivity index (χ4v) is 3.74. The summed E-state index contributed by atoms with van der Waals surface area (Å²) in [5.41, 5.74) is 0.0186. The molecule has 9 heteroatoms. The van der Waals surface area contributed by atoms with Crippen molar-refractivity contribution in [1.29, 1.82) is 0 Å². The highest BCUT2D eigenvalue weighted by Crippen LogP contribution is 2.25. The van der Waals surface area contributed by atoms with Crippen molar-refractivity contribution in [2.75, 3.05) is 53.0 Å². The van der Waals surface area contributed by atoms with Crippen LogP contribution in [0.3, 0.4) is 0 Å². The summed E-state index contributed by atoms with van der Waals surface area (Å²) in [5, 5.41) is 17.6. The number of guanidine groups is 1. The number of hydrogen-bond donors (Lipinski definition) is 3. The Hall–Kier alpha value is -1.82. The third-order valence-corrected chi connectivity index (χ3v) is 5.61. The number of rotatable bonds is 9. The van der Waals surface area contributed by atoms with E-state index in [4.69, 9.17) is 13.9 Å². The molecule has 0 bridgehead atoms. The molecule has 0 amide bonds. The molecule has 1 aliphatic rings. The number of morpholine rings is 1. The summed E-state index contributed by atoms with van der Waals surface area (Å²) in [7, 11) is 1.67. The molecule has 2 atom stereocenters. The Labute approximate surface area is 213 Å². The molecule has 1 aromatic heterocycles. The summed E-state index contributed by atoms with van der Waals surface area (Å²) in [5.74, 6) is 2.77. The molecule has 2 aromatic rings. The molecule has 0 aliphatic carbocycles. The molecular weight excluding hydrogens is 535 g/mol. The first kappa shape index (κ1) is 27.4. The van der Waals surface area contributed by atoms with Crippen molar-refractivity contribution in [3.63, 3.8) is 0 Å². The average molecular weight is 572 g/mol. The lowest BCUT2D eigenvalue weighted by Gasteiger charge is -2.35. The monoisotopic (exact) mass is 572 g/mol. The minimum Gasteiger partial charge on any atom is -0.497 e. The Kier molecular flexibility index (Phi) is 10.9. The van der Waals surface area contributed by atoms with Crippen LogP contribution in [-0.2, 0) is 10.3 Å². The van der Waals surface area contributed by atoms with Crippen molar-refractivity contribution < 1.29 is 19.0 Å². The molecular formula is C24H37IN4O4. The number of nitrogens with zero attached hydrogens (tertiary/aromatic N) is 2. The zero-order chi connectivity index (χ0) is 23.0. The van der Waals surface area contributed by atoms with E-state index in [0.29, 0.717) is 18.3 Å². The maximum atomic E-state index is 10.8. The van der Waals surface area contributed by atoms with Crippen LogP contribution < -0.4 is 15.4 Å². The van der Waals surface area contributed by atoms with E-state index in [0.717, 1.165) is 44.4 Å². The first-order valence-electron chi connectivity index (χ1n) is 11.2. The van der Waals surface area contributed by atoms with E-state index in [1.807, 2.05) is 32.0 Å². The van der Waals surface area contributed by atoms with Crippen molar-refractivity contribution >= 4 is 29.9 Å². The molecule has 1 aromatic carbocycles. The van der Waals surface area contributed by atoms with Crippen molar-refractivity contribution in [3.05, 3.63) is 53.5 Å². The molecule has 8 nitrogen and oxygen atoms in total. The highest BCUT2D eigenvalue weighted by molar-refractivity contribution is 14.0. The maximum absolute atomic E-state index is 10.8. The standard InChI is InChI=1S/C24H36N4O4.HI/c1-5-25-23(27-17-24(3,29)22-11-6-18(2)32-22)26-16-21(28-12-14-31-15-13-28)19-7-9-20(30-4)10-8-19;/h6-11,21,29H,5,12-17H2,1-4H3,(H2,25,26,27);1H. The van der Waals surface area contributed by atoms with Crippen LogP contribution in [0.2, 0.25) is 0 Å². The van der Waals surface area contributed by atoms with Crippen molar-refractivity contribution in [3.8, 4) is 5.75 Å². The second kappa shape index (κ2) is 13.2. The number of nitrogens with one attached hydrogen (secondary N) is 2. The largest absolute Gasteiger partial charge is 0.497 e. The summed E-state index contributed by atoms with van der Waals surface area (Å²) in [6, 6.07) is 12.0. The van der Waals surface area contributed by atoms with Gasteiger partial charge in [0.05, 0.1) is 32.9 Å². The molecule has 2 unspecified atom stereocenters. The van der Waals surface area contributed by atoms with Crippen LogP contribution in [0.5, 0.6) is 5.75 Å². The SMILES string of the molecule is CCNC(=NCC(C)(O)c1ccc(C)o1)NCC(c1ccc(OC)cc1)N1CCOCC1.I. The topological polar surface area (TPSA) is 91.5 Å². The van der Waals surface area contributed by atoms with Crippen molar-refractivity contribution in [2.45, 2.75) is 32.4 Å². The summed E-state index contributed by atoms with van der Waals surface area (Å²) in [6.07, 6.45) is 0. The van der Waals surface area contributed by atoms with E-state index < -0.39 is 5.60 Å². The number of furan rings is 1. The molecule has 0 radical (unpaired) electrons. The number of aliphatic hydroxyl groups is 1. The highest BCUT2D eigenvalue weighted by atomic mass is 127. The van der Waals surface area contributed by atoms with Gasteiger partial charge in [0.1, 0.15) is 22.9 Å². The van der Waals surface area contributed by atoms with Gasteiger partial charge < -0.3 is 29.6 Å². The first-order valence-corrected chi connectivity index (χ1v) is 11.2. The lowest BCUT2D eigenvalue weighted by atomic mass is 10.0. The lowest BCUT2D eigenvalue weighted by molar-refractivity contribution is 0.0169. The van der Waals surface area contributed by atoms with Crippen LogP contribution in [0.4, 0.5) is 0 Å². The van der Waals surface area contributed by atoms with Gasteiger partial charge in [0.15, 0.2) is 5.96 Å². The van der Waals surface area contributed by atoms with Gasteiger partial charge in [0.25, 0.3) is 0 Å². The van der Waals surface area contributed by atoms with Gasteiger partial charge in [-0.3, -0.25) is 4.90 Å². The van der Waals surface area contributed by atoms with E-state index in [-0.39, 0.29) is 36.6 Å². The minimum absolute atomic E-state index is 0. The van der Waals surface area contributed by atoms with Gasteiger partial charge in [0, 0.05) is 26.2 Å². The van der Waals surface area contributed by atoms with Crippen molar-refractivity contribution in [1.82, 2.24) is 15.5 Å². The van der Waals surface area contributed by atoms with Crippen LogP contribution in [0.25, 0.3) is 0 Å². The lowest BCUT2D eigenvalue weighted by Crippen LogP contribution is -2.46. The average Bonchev–Trinajstić information content (AvgIpc) is 3.26. The van der Waals surface area contributed by atoms with E-state index in [9.17, 15) is 5.11 Å². The first-order chi connectivity index (χ1) is 15.4. The molecule has 184 valence electrons. The summed E-state index contributed by atoms with van der Waals surface area (Å²) in [6.45, 7) is 10.4. The van der Waals surface area contributed by atoms with Gasteiger partial charge in [0.2, 0.25) is 0 Å². The molecule has 3 rings (SSSR count). The molecule has 1 aliphatic heterocycles. The van der Waals surface area contributed by atoms with Gasteiger partial charge in [-0.25, -0.2) is 4.99 Å². The van der Waals surface area contributed by atoms with E-state index in [1.165, 1.54) is 5.56 Å². The molecule has 33 heavy (non-hydrogen) atoms. The fraction of sp³-hybridized carbons (Fsp3) is 0.542. The molecule has 0 spiro atoms. The second-order valence-electron chi connectivity index (χ2n) is 8.20. The van der Waals surface area contributed by atoms with Crippen LogP contribution in [0, 0.1) is 6.92 Å². The molecule has 0 saturated carbocycles. The zero-order valence-corrected chi connectivity index (χ0v) is 22.3. The maximum Gasteiger partial charge on any atom is 0.191 e. The third-order valence-electron chi connectivity index (χ3n) is 5.61. The predicted octanol–water partition coefficient (Wildman–Crippen LogP) is 3.05. The van der Waals surface area contributed by atoms with Gasteiger partial charge in [-0.2, -0.15) is 0 Å². The minimum atomic E-state index is -1.18. The van der Waals surface area contributed by atoms with Crippen LogP contribution in [0.15, 0.2) is 45.8 Å². The van der Waals surface area contributed by atoms with Gasteiger partial charge >= 0.3 is 0 Å². The fourth-order valence-electron chi connectivity index (χ4n) is 3.74. The van der Waals surface area contributed by atoms with Gasteiger partial charge in [-0.05, 0) is 50.6 Å². The van der Waals surface area contributed by atoms with Crippen LogP contribution >= 0.6 is 24.0 Å². The molecule has 1 saturated heterocycles. The van der Waals surface area contributed by atoms with E-state index >= 15 is 0 Å². The second-order valence-corrected chi connectivity index (χ2v) is 8.20. The van der Waals surface area contributed by atoms with E-state index in [1.54, 1.807) is 20.1 Å². The Morgan fingerprint density at radius 3 is 2.45 bits per heavy atom. The van der Waals surface area contributed by atoms with Gasteiger partial charge in [-0.15, -0.1) is 24.0 Å². The number of halogens is 1. The Morgan fingerprint density at radius 1 is 1.18 bits per heavy atom. The molecule has 3 N–H and O–H groups in total. The van der Waals surface area contributed by atoms with Gasteiger partial charge in [-0.1, -0.05) is 12.1 Å². The Balaban J connectivity index is 0.00000385. The van der Waals surface area contributed by atoms with Crippen molar-refractivity contribution in [2.24, 2.45) is 4.99 Å². The number of benzene rings is 1. The van der Waals surface area contributed by atoms with E-state index in [2.05, 4.69) is 32.7 Å².